The fourth-order valence-electron chi connectivity index (χ4n) is 4.86. The predicted octanol–water partition coefficient (Wildman–Crippen LogP) is 3.12. The SMILES string of the molecule is C[C@]1(O)CCCC[C@@H]1[C@H]1CCCN1Cc1nc(N)c2ccccc2n1. The second-order valence-electron chi connectivity index (χ2n) is 7.93. The van der Waals surface area contributed by atoms with E-state index in [-0.39, 0.29) is 0 Å². The van der Waals surface area contributed by atoms with Gasteiger partial charge in [-0.2, -0.15) is 0 Å². The van der Waals surface area contributed by atoms with Crippen molar-refractivity contribution in [1.29, 1.82) is 0 Å². The summed E-state index contributed by atoms with van der Waals surface area (Å²) < 4.78 is 0. The smallest absolute Gasteiger partial charge is 0.145 e. The summed E-state index contributed by atoms with van der Waals surface area (Å²) in [6, 6.07) is 8.32. The highest BCUT2D eigenvalue weighted by Gasteiger charge is 2.43. The first-order valence-electron chi connectivity index (χ1n) is 9.52. The van der Waals surface area contributed by atoms with Gasteiger partial charge in [-0.05, 0) is 51.3 Å². The molecule has 2 aliphatic rings. The molecule has 1 saturated heterocycles. The largest absolute Gasteiger partial charge is 0.390 e. The Morgan fingerprint density at radius 2 is 2.04 bits per heavy atom. The van der Waals surface area contributed by atoms with Crippen LogP contribution in [0.2, 0.25) is 0 Å². The molecule has 134 valence electrons. The molecule has 1 saturated carbocycles. The van der Waals surface area contributed by atoms with Gasteiger partial charge in [0.2, 0.25) is 0 Å². The second-order valence-corrected chi connectivity index (χ2v) is 7.93. The zero-order valence-electron chi connectivity index (χ0n) is 15.0. The van der Waals surface area contributed by atoms with Crippen LogP contribution >= 0.6 is 0 Å². The molecule has 1 aromatic carbocycles. The molecule has 0 bridgehead atoms. The number of hydrogen-bond donors (Lipinski definition) is 2. The van der Waals surface area contributed by atoms with E-state index >= 15 is 0 Å². The zero-order valence-corrected chi connectivity index (χ0v) is 15.0. The van der Waals surface area contributed by atoms with E-state index in [1.54, 1.807) is 0 Å². The van der Waals surface area contributed by atoms with Gasteiger partial charge >= 0.3 is 0 Å². The van der Waals surface area contributed by atoms with Gasteiger partial charge in [-0.3, -0.25) is 4.90 Å². The van der Waals surface area contributed by atoms with Gasteiger partial charge in [-0.15, -0.1) is 0 Å². The Morgan fingerprint density at radius 3 is 2.88 bits per heavy atom. The monoisotopic (exact) mass is 340 g/mol. The first-order valence-corrected chi connectivity index (χ1v) is 9.52. The van der Waals surface area contributed by atoms with Gasteiger partial charge in [-0.1, -0.05) is 25.0 Å². The normalized spacial score (nSPS) is 30.8. The molecule has 0 spiro atoms. The van der Waals surface area contributed by atoms with E-state index in [2.05, 4.69) is 9.88 Å². The minimum absolute atomic E-state index is 0.349. The third kappa shape index (κ3) is 3.23. The molecule has 25 heavy (non-hydrogen) atoms. The Bertz CT molecular complexity index is 760. The highest BCUT2D eigenvalue weighted by Crippen LogP contribution is 2.41. The number of likely N-dealkylation sites (tertiary alicyclic amines) is 1. The molecule has 3 atom stereocenters. The molecular weight excluding hydrogens is 312 g/mol. The number of fused-ring (bicyclic) bond motifs is 1. The number of aromatic nitrogens is 2. The van der Waals surface area contributed by atoms with Crippen LogP contribution < -0.4 is 5.73 Å². The van der Waals surface area contributed by atoms with Gasteiger partial charge < -0.3 is 10.8 Å². The number of anilines is 1. The number of para-hydroxylation sites is 1. The molecule has 2 fully saturated rings. The third-order valence-electron chi connectivity index (χ3n) is 6.15. The summed E-state index contributed by atoms with van der Waals surface area (Å²) in [5.41, 5.74) is 6.50. The Hall–Kier alpha value is -1.72. The highest BCUT2D eigenvalue weighted by atomic mass is 16.3. The predicted molar refractivity (Wildman–Crippen MR) is 100.0 cm³/mol. The minimum atomic E-state index is -0.547. The number of nitrogens with zero attached hydrogens (tertiary/aromatic N) is 3. The molecule has 5 heteroatoms. The molecule has 3 N–H and O–H groups in total. The highest BCUT2D eigenvalue weighted by molar-refractivity contribution is 5.87. The molecule has 1 aliphatic carbocycles. The van der Waals surface area contributed by atoms with E-state index in [4.69, 9.17) is 10.7 Å². The van der Waals surface area contributed by atoms with Crippen LogP contribution in [0.25, 0.3) is 10.9 Å². The molecule has 1 aliphatic heterocycles. The lowest BCUT2D eigenvalue weighted by atomic mass is 9.72. The summed E-state index contributed by atoms with van der Waals surface area (Å²) >= 11 is 0. The Labute approximate surface area is 149 Å². The summed E-state index contributed by atoms with van der Waals surface area (Å²) in [7, 11) is 0. The Morgan fingerprint density at radius 1 is 1.20 bits per heavy atom. The average molecular weight is 340 g/mol. The molecule has 5 nitrogen and oxygen atoms in total. The third-order valence-corrected chi connectivity index (χ3v) is 6.15. The van der Waals surface area contributed by atoms with Gasteiger partial charge in [0, 0.05) is 17.3 Å². The number of rotatable bonds is 3. The lowest BCUT2D eigenvalue weighted by Gasteiger charge is -2.43. The van der Waals surface area contributed by atoms with Crippen molar-refractivity contribution in [3.8, 4) is 0 Å². The van der Waals surface area contributed by atoms with Gasteiger partial charge in [0.1, 0.15) is 11.6 Å². The van der Waals surface area contributed by atoms with E-state index in [0.29, 0.717) is 24.3 Å². The van der Waals surface area contributed by atoms with E-state index in [1.165, 1.54) is 12.8 Å². The van der Waals surface area contributed by atoms with Crippen molar-refractivity contribution in [2.45, 2.75) is 63.6 Å². The number of hydrogen-bond acceptors (Lipinski definition) is 5. The molecule has 0 unspecified atom stereocenters. The summed E-state index contributed by atoms with van der Waals surface area (Å²) in [4.78, 5) is 11.7. The first-order chi connectivity index (χ1) is 12.0. The van der Waals surface area contributed by atoms with Crippen molar-refractivity contribution >= 4 is 16.7 Å². The zero-order chi connectivity index (χ0) is 17.4. The van der Waals surface area contributed by atoms with E-state index < -0.39 is 5.60 Å². The molecular formula is C20H28N4O. The second kappa shape index (κ2) is 6.54. The minimum Gasteiger partial charge on any atom is -0.390 e. The Balaban J connectivity index is 1.57. The van der Waals surface area contributed by atoms with Crippen molar-refractivity contribution in [2.75, 3.05) is 12.3 Å². The van der Waals surface area contributed by atoms with Crippen LogP contribution in [-0.4, -0.2) is 38.2 Å². The Kier molecular flexibility index (Phi) is 4.38. The van der Waals surface area contributed by atoms with Crippen molar-refractivity contribution < 1.29 is 5.11 Å². The average Bonchev–Trinajstić information content (AvgIpc) is 3.02. The maximum absolute atomic E-state index is 10.9. The molecule has 4 rings (SSSR count). The standard InChI is InChI=1S/C20H28N4O/c1-20(25)11-5-4-8-15(20)17-10-6-12-24(17)13-18-22-16-9-3-2-7-14(16)19(21)23-18/h2-3,7,9,15,17,25H,4-6,8,10-13H2,1H3,(H2,21,22,23)/t15-,17-,20+/m1/s1. The number of aliphatic hydroxyl groups is 1. The molecule has 1 aromatic heterocycles. The summed E-state index contributed by atoms with van der Waals surface area (Å²) in [6.45, 7) is 3.79. The maximum Gasteiger partial charge on any atom is 0.145 e. The quantitative estimate of drug-likeness (QED) is 0.898. The topological polar surface area (TPSA) is 75.3 Å². The van der Waals surface area contributed by atoms with Gasteiger partial charge in [0.05, 0.1) is 17.7 Å². The fraction of sp³-hybridized carbons (Fsp3) is 0.600. The summed E-state index contributed by atoms with van der Waals surface area (Å²) in [5, 5.41) is 11.8. The van der Waals surface area contributed by atoms with Gasteiger partial charge in [0.15, 0.2) is 0 Å². The molecule has 0 amide bonds. The summed E-state index contributed by atoms with van der Waals surface area (Å²) in [5.74, 6) is 1.70. The van der Waals surface area contributed by atoms with Crippen LogP contribution in [0.15, 0.2) is 24.3 Å². The molecule has 0 radical (unpaired) electrons. The van der Waals surface area contributed by atoms with Crippen molar-refractivity contribution in [2.24, 2.45) is 5.92 Å². The van der Waals surface area contributed by atoms with Crippen LogP contribution in [0.3, 0.4) is 0 Å². The van der Waals surface area contributed by atoms with Gasteiger partial charge in [0.25, 0.3) is 0 Å². The number of benzene rings is 1. The van der Waals surface area contributed by atoms with Gasteiger partial charge in [-0.25, -0.2) is 9.97 Å². The van der Waals surface area contributed by atoms with E-state index in [1.807, 2.05) is 31.2 Å². The lowest BCUT2D eigenvalue weighted by Crippen LogP contribution is -2.48. The van der Waals surface area contributed by atoms with E-state index in [0.717, 1.165) is 49.0 Å². The van der Waals surface area contributed by atoms with Crippen molar-refractivity contribution in [3.05, 3.63) is 30.1 Å². The van der Waals surface area contributed by atoms with E-state index in [9.17, 15) is 5.11 Å². The van der Waals surface area contributed by atoms with Crippen LogP contribution in [0.5, 0.6) is 0 Å². The fourth-order valence-corrected chi connectivity index (χ4v) is 4.86. The maximum atomic E-state index is 10.9. The summed E-state index contributed by atoms with van der Waals surface area (Å²) in [6.07, 6.45) is 6.74. The first kappa shape index (κ1) is 16.7. The lowest BCUT2D eigenvalue weighted by molar-refractivity contribution is -0.0631. The van der Waals surface area contributed by atoms with Crippen LogP contribution in [0, 0.1) is 5.92 Å². The van der Waals surface area contributed by atoms with Crippen molar-refractivity contribution in [1.82, 2.24) is 14.9 Å². The molecule has 2 heterocycles. The van der Waals surface area contributed by atoms with Crippen molar-refractivity contribution in [3.63, 3.8) is 0 Å². The van der Waals surface area contributed by atoms with Crippen LogP contribution in [0.1, 0.15) is 51.3 Å². The number of nitrogens with two attached hydrogens (primary N) is 1. The van der Waals surface area contributed by atoms with Crippen LogP contribution in [-0.2, 0) is 6.54 Å². The number of nitrogen functional groups attached to an aromatic ring is 1. The molecule has 2 aromatic rings. The van der Waals surface area contributed by atoms with Crippen LogP contribution in [0.4, 0.5) is 5.82 Å².